The summed E-state index contributed by atoms with van der Waals surface area (Å²) in [6.07, 6.45) is 3.53. The maximum absolute atomic E-state index is 11.5. The van der Waals surface area contributed by atoms with Gasteiger partial charge in [-0.2, -0.15) is 0 Å². The fourth-order valence-electron chi connectivity index (χ4n) is 1.57. The Kier molecular flexibility index (Phi) is 6.95. The summed E-state index contributed by atoms with van der Waals surface area (Å²) >= 11 is 0. The smallest absolute Gasteiger partial charge is 0.331 e. The zero-order chi connectivity index (χ0) is 16.5. The Balaban J connectivity index is 2.49. The van der Waals surface area contributed by atoms with E-state index in [2.05, 4.69) is 5.32 Å². The number of benzene rings is 1. The number of rotatable bonds is 7. The Bertz CT molecular complexity index is 553. The fraction of sp³-hybridized carbons (Fsp3) is 0.375. The minimum atomic E-state index is -0.619. The summed E-state index contributed by atoms with van der Waals surface area (Å²) in [5, 5.41) is 12.2. The van der Waals surface area contributed by atoms with E-state index >= 15 is 0 Å². The molecule has 0 aliphatic carbocycles. The zero-order valence-electron chi connectivity index (χ0n) is 13.0. The molecule has 1 aromatic rings. The van der Waals surface area contributed by atoms with E-state index in [1.807, 2.05) is 13.8 Å². The first kappa shape index (κ1) is 17.6. The summed E-state index contributed by atoms with van der Waals surface area (Å²) in [5.74, 6) is -0.624. The van der Waals surface area contributed by atoms with Gasteiger partial charge >= 0.3 is 5.97 Å². The minimum absolute atomic E-state index is 0.0175. The molecule has 0 spiro atoms. The summed E-state index contributed by atoms with van der Waals surface area (Å²) in [6, 6.07) is 4.71. The molecular weight excluding hydrogens is 286 g/mol. The summed E-state index contributed by atoms with van der Waals surface area (Å²) in [4.78, 5) is 23.0. The molecule has 22 heavy (non-hydrogen) atoms. The van der Waals surface area contributed by atoms with Crippen LogP contribution in [-0.4, -0.2) is 36.7 Å². The second kappa shape index (κ2) is 8.71. The summed E-state index contributed by atoms with van der Waals surface area (Å²) in [6.45, 7) is 3.51. The van der Waals surface area contributed by atoms with E-state index in [1.54, 1.807) is 12.1 Å². The lowest BCUT2D eigenvalue weighted by Crippen LogP contribution is -2.35. The maximum Gasteiger partial charge on any atom is 0.331 e. The second-order valence-electron chi connectivity index (χ2n) is 4.75. The van der Waals surface area contributed by atoms with Crippen molar-refractivity contribution in [3.8, 4) is 11.5 Å². The van der Waals surface area contributed by atoms with Crippen LogP contribution in [0.2, 0.25) is 0 Å². The van der Waals surface area contributed by atoms with Crippen LogP contribution in [0, 0.1) is 0 Å². The van der Waals surface area contributed by atoms with E-state index in [4.69, 9.17) is 9.47 Å². The van der Waals surface area contributed by atoms with Crippen molar-refractivity contribution in [3.05, 3.63) is 29.8 Å². The average molecular weight is 307 g/mol. The van der Waals surface area contributed by atoms with Crippen molar-refractivity contribution in [2.75, 3.05) is 13.7 Å². The van der Waals surface area contributed by atoms with Crippen molar-refractivity contribution in [1.29, 1.82) is 0 Å². The van der Waals surface area contributed by atoms with Crippen LogP contribution in [0.5, 0.6) is 11.5 Å². The van der Waals surface area contributed by atoms with Crippen LogP contribution in [-0.2, 0) is 14.3 Å². The molecule has 0 radical (unpaired) electrons. The van der Waals surface area contributed by atoms with Gasteiger partial charge in [0, 0.05) is 12.1 Å². The van der Waals surface area contributed by atoms with Gasteiger partial charge in [0.2, 0.25) is 0 Å². The Morgan fingerprint density at radius 1 is 1.41 bits per heavy atom. The summed E-state index contributed by atoms with van der Waals surface area (Å²) < 4.78 is 9.80. The molecule has 2 N–H and O–H groups in total. The third kappa shape index (κ3) is 5.87. The van der Waals surface area contributed by atoms with E-state index < -0.39 is 5.97 Å². The Morgan fingerprint density at radius 3 is 2.77 bits per heavy atom. The molecule has 0 aromatic heterocycles. The second-order valence-corrected chi connectivity index (χ2v) is 4.75. The van der Waals surface area contributed by atoms with Gasteiger partial charge in [-0.3, -0.25) is 4.79 Å². The van der Waals surface area contributed by atoms with Crippen LogP contribution >= 0.6 is 0 Å². The zero-order valence-corrected chi connectivity index (χ0v) is 13.0. The molecule has 1 rings (SSSR count). The van der Waals surface area contributed by atoms with Gasteiger partial charge in [-0.05, 0) is 37.1 Å². The number of carbonyl (C=O) groups is 2. The summed E-state index contributed by atoms with van der Waals surface area (Å²) in [5.41, 5.74) is 0.663. The highest BCUT2D eigenvalue weighted by Crippen LogP contribution is 2.26. The molecule has 1 atom stereocenters. The lowest BCUT2D eigenvalue weighted by atomic mass is 10.2. The highest BCUT2D eigenvalue weighted by Gasteiger charge is 2.07. The molecule has 0 saturated heterocycles. The lowest BCUT2D eigenvalue weighted by molar-refractivity contribution is -0.144. The van der Waals surface area contributed by atoms with Crippen LogP contribution in [0.1, 0.15) is 25.8 Å². The van der Waals surface area contributed by atoms with E-state index in [0.29, 0.717) is 11.3 Å². The molecule has 0 unspecified atom stereocenters. The van der Waals surface area contributed by atoms with Gasteiger partial charge < -0.3 is 19.9 Å². The number of carbonyl (C=O) groups excluding carboxylic acids is 2. The molecular formula is C16H21NO5. The topological polar surface area (TPSA) is 84.9 Å². The first-order chi connectivity index (χ1) is 10.5. The Morgan fingerprint density at radius 2 is 2.14 bits per heavy atom. The van der Waals surface area contributed by atoms with E-state index in [1.165, 1.54) is 25.3 Å². The van der Waals surface area contributed by atoms with Crippen molar-refractivity contribution in [2.24, 2.45) is 0 Å². The molecule has 0 aliphatic heterocycles. The van der Waals surface area contributed by atoms with Gasteiger partial charge in [-0.15, -0.1) is 0 Å². The normalized spacial score (nSPS) is 12.0. The Hall–Kier alpha value is -2.50. The number of nitrogens with one attached hydrogen (secondary N) is 1. The molecule has 0 bridgehead atoms. The molecule has 0 aliphatic rings. The summed E-state index contributed by atoms with van der Waals surface area (Å²) in [7, 11) is 1.44. The standard InChI is InChI=1S/C16H21NO5/c1-4-11(2)17-15(19)10-22-16(20)8-6-12-5-7-13(18)14(9-12)21-3/h5-9,11,18H,4,10H2,1-3H3,(H,17,19)/b8-6+/t11-/m0/s1. The van der Waals surface area contributed by atoms with Crippen LogP contribution in [0.4, 0.5) is 0 Å². The molecule has 0 fully saturated rings. The van der Waals surface area contributed by atoms with Gasteiger partial charge in [0.1, 0.15) is 0 Å². The molecule has 6 heteroatoms. The van der Waals surface area contributed by atoms with Crippen molar-refractivity contribution < 1.29 is 24.2 Å². The number of phenols is 1. The van der Waals surface area contributed by atoms with Gasteiger partial charge in [0.15, 0.2) is 18.1 Å². The number of aromatic hydroxyl groups is 1. The predicted octanol–water partition coefficient (Wildman–Crippen LogP) is 1.87. The molecule has 6 nitrogen and oxygen atoms in total. The predicted molar refractivity (Wildman–Crippen MR) is 82.5 cm³/mol. The minimum Gasteiger partial charge on any atom is -0.504 e. The highest BCUT2D eigenvalue weighted by atomic mass is 16.5. The number of phenolic OH excluding ortho intramolecular Hbond substituents is 1. The van der Waals surface area contributed by atoms with Gasteiger partial charge in [0.05, 0.1) is 7.11 Å². The van der Waals surface area contributed by atoms with E-state index in [9.17, 15) is 14.7 Å². The average Bonchev–Trinajstić information content (AvgIpc) is 2.51. The first-order valence-electron chi connectivity index (χ1n) is 6.97. The largest absolute Gasteiger partial charge is 0.504 e. The van der Waals surface area contributed by atoms with Gasteiger partial charge in [0.25, 0.3) is 5.91 Å². The van der Waals surface area contributed by atoms with Crippen molar-refractivity contribution in [1.82, 2.24) is 5.32 Å². The third-order valence-electron chi connectivity index (χ3n) is 2.98. The number of hydrogen-bond acceptors (Lipinski definition) is 5. The van der Waals surface area contributed by atoms with Crippen molar-refractivity contribution in [2.45, 2.75) is 26.3 Å². The number of methoxy groups -OCH3 is 1. The maximum atomic E-state index is 11.5. The monoisotopic (exact) mass is 307 g/mol. The van der Waals surface area contributed by atoms with Crippen molar-refractivity contribution in [3.63, 3.8) is 0 Å². The quantitative estimate of drug-likeness (QED) is 0.593. The van der Waals surface area contributed by atoms with Gasteiger partial charge in [-0.25, -0.2) is 4.79 Å². The highest BCUT2D eigenvalue weighted by molar-refractivity contribution is 5.89. The molecule has 120 valence electrons. The van der Waals surface area contributed by atoms with Crippen LogP contribution in [0.3, 0.4) is 0 Å². The number of amides is 1. The molecule has 0 heterocycles. The fourth-order valence-corrected chi connectivity index (χ4v) is 1.57. The van der Waals surface area contributed by atoms with Crippen LogP contribution < -0.4 is 10.1 Å². The molecule has 0 saturated carbocycles. The Labute approximate surface area is 129 Å². The lowest BCUT2D eigenvalue weighted by Gasteiger charge is -2.10. The van der Waals surface area contributed by atoms with E-state index in [0.717, 1.165) is 6.42 Å². The molecule has 1 amide bonds. The first-order valence-corrected chi connectivity index (χ1v) is 6.97. The van der Waals surface area contributed by atoms with Crippen molar-refractivity contribution >= 4 is 18.0 Å². The third-order valence-corrected chi connectivity index (χ3v) is 2.98. The molecule has 1 aromatic carbocycles. The number of ether oxygens (including phenoxy) is 2. The number of hydrogen-bond donors (Lipinski definition) is 2. The van der Waals surface area contributed by atoms with Gasteiger partial charge in [-0.1, -0.05) is 13.0 Å². The number of esters is 1. The SMILES string of the molecule is CC[C@H](C)NC(=O)COC(=O)/C=C/c1ccc(O)c(OC)c1. The van der Waals surface area contributed by atoms with Crippen LogP contribution in [0.15, 0.2) is 24.3 Å². The van der Waals surface area contributed by atoms with E-state index in [-0.39, 0.29) is 24.3 Å². The van der Waals surface area contributed by atoms with Crippen LogP contribution in [0.25, 0.3) is 6.08 Å².